The molecular weight excluding hydrogens is 151 g/mol. The van der Waals surface area contributed by atoms with E-state index in [4.69, 9.17) is 0 Å². The minimum atomic E-state index is -0.807. The summed E-state index contributed by atoms with van der Waals surface area (Å²) in [5, 5.41) is 0. The molecule has 1 aliphatic rings. The number of fused-ring (bicyclic) bond motifs is 1. The van der Waals surface area contributed by atoms with Gasteiger partial charge >= 0.3 is 0 Å². The van der Waals surface area contributed by atoms with Gasteiger partial charge in [0.15, 0.2) is 0 Å². The summed E-state index contributed by atoms with van der Waals surface area (Å²) >= 11 is 0. The van der Waals surface area contributed by atoms with E-state index in [1.807, 2.05) is 30.4 Å². The number of halogens is 1. The zero-order valence-corrected chi connectivity index (χ0v) is 6.92. The first kappa shape index (κ1) is 7.53. The van der Waals surface area contributed by atoms with Crippen molar-refractivity contribution in [3.8, 4) is 0 Å². The van der Waals surface area contributed by atoms with Gasteiger partial charge in [-0.25, -0.2) is 4.39 Å². The molecule has 0 saturated carbocycles. The van der Waals surface area contributed by atoms with Gasteiger partial charge in [0.05, 0.1) is 0 Å². The molecule has 0 fully saturated rings. The van der Waals surface area contributed by atoms with E-state index in [1.54, 1.807) is 6.92 Å². The fraction of sp³-hybridized carbons (Fsp3) is 0.273. The molecule has 0 spiro atoms. The molecule has 2 atom stereocenters. The van der Waals surface area contributed by atoms with E-state index in [1.165, 1.54) is 0 Å². The van der Waals surface area contributed by atoms with Crippen molar-refractivity contribution < 1.29 is 4.39 Å². The number of hydrogen-bond acceptors (Lipinski definition) is 0. The van der Waals surface area contributed by atoms with Gasteiger partial charge in [-0.05, 0) is 30.2 Å². The Morgan fingerprint density at radius 2 is 2.42 bits per heavy atom. The highest BCUT2D eigenvalue weighted by molar-refractivity contribution is 5.62. The lowest BCUT2D eigenvalue weighted by atomic mass is 9.97. The molecule has 2 rings (SSSR count). The van der Waals surface area contributed by atoms with E-state index in [0.717, 1.165) is 11.1 Å². The molecule has 1 aromatic carbocycles. The van der Waals surface area contributed by atoms with Crippen LogP contribution < -0.4 is 0 Å². The average Bonchev–Trinajstić information content (AvgIpc) is 2.47. The Balaban J connectivity index is 2.42. The zero-order chi connectivity index (χ0) is 8.55. The SMILES string of the molecule is CC(F)C1C=Cc2cc[c]cc21. The van der Waals surface area contributed by atoms with Gasteiger partial charge in [-0.3, -0.25) is 0 Å². The monoisotopic (exact) mass is 161 g/mol. The second-order valence-corrected chi connectivity index (χ2v) is 3.12. The van der Waals surface area contributed by atoms with Crippen molar-refractivity contribution in [1.82, 2.24) is 0 Å². The van der Waals surface area contributed by atoms with Crippen molar-refractivity contribution in [2.45, 2.75) is 19.0 Å². The van der Waals surface area contributed by atoms with E-state index >= 15 is 0 Å². The van der Waals surface area contributed by atoms with Crippen molar-refractivity contribution >= 4 is 6.08 Å². The molecule has 0 aromatic heterocycles. The molecule has 2 unspecified atom stereocenters. The molecular formula is C11H10F. The van der Waals surface area contributed by atoms with Crippen molar-refractivity contribution in [2.24, 2.45) is 0 Å². The molecule has 12 heavy (non-hydrogen) atoms. The topological polar surface area (TPSA) is 0 Å². The number of rotatable bonds is 1. The Hall–Kier alpha value is -1.11. The summed E-state index contributed by atoms with van der Waals surface area (Å²) in [6.07, 6.45) is 3.09. The van der Waals surface area contributed by atoms with Crippen LogP contribution in [-0.2, 0) is 0 Å². The quantitative estimate of drug-likeness (QED) is 0.594. The van der Waals surface area contributed by atoms with Gasteiger partial charge in [0.2, 0.25) is 0 Å². The molecule has 0 amide bonds. The standard InChI is InChI=1S/C11H10F/c1-8(12)10-7-6-9-4-2-3-5-11(9)10/h2,4-8,10H,1H3. The molecule has 1 aromatic rings. The zero-order valence-electron chi connectivity index (χ0n) is 6.92. The molecule has 1 heteroatoms. The molecule has 0 aliphatic heterocycles. The van der Waals surface area contributed by atoms with Crippen LogP contribution in [0.2, 0.25) is 0 Å². The first-order valence-corrected chi connectivity index (χ1v) is 4.11. The molecule has 0 nitrogen and oxygen atoms in total. The summed E-state index contributed by atoms with van der Waals surface area (Å²) in [5.74, 6) is -0.0579. The van der Waals surface area contributed by atoms with Crippen LogP contribution in [0.15, 0.2) is 24.3 Å². The molecule has 1 aliphatic carbocycles. The lowest BCUT2D eigenvalue weighted by molar-refractivity contribution is 0.336. The third kappa shape index (κ3) is 1.06. The maximum Gasteiger partial charge on any atom is 0.108 e. The van der Waals surface area contributed by atoms with Gasteiger partial charge in [0.25, 0.3) is 0 Å². The van der Waals surface area contributed by atoms with E-state index in [2.05, 4.69) is 6.07 Å². The van der Waals surface area contributed by atoms with Crippen LogP contribution in [0.3, 0.4) is 0 Å². The van der Waals surface area contributed by atoms with E-state index < -0.39 is 6.17 Å². The first-order valence-electron chi connectivity index (χ1n) is 4.11. The second kappa shape index (κ2) is 2.74. The summed E-state index contributed by atoms with van der Waals surface area (Å²) in [6.45, 7) is 1.59. The second-order valence-electron chi connectivity index (χ2n) is 3.12. The highest BCUT2D eigenvalue weighted by atomic mass is 19.1. The first-order chi connectivity index (χ1) is 5.79. The van der Waals surface area contributed by atoms with Crippen LogP contribution in [0.1, 0.15) is 24.0 Å². The van der Waals surface area contributed by atoms with Crippen molar-refractivity contribution in [3.63, 3.8) is 0 Å². The smallest absolute Gasteiger partial charge is 0.108 e. The number of hydrogen-bond donors (Lipinski definition) is 0. The van der Waals surface area contributed by atoms with Gasteiger partial charge in [-0.15, -0.1) is 0 Å². The maximum absolute atomic E-state index is 13.0. The minimum Gasteiger partial charge on any atom is -0.247 e. The van der Waals surface area contributed by atoms with Crippen molar-refractivity contribution in [2.75, 3.05) is 0 Å². The largest absolute Gasteiger partial charge is 0.247 e. The van der Waals surface area contributed by atoms with Crippen LogP contribution in [0.25, 0.3) is 6.08 Å². The number of allylic oxidation sites excluding steroid dienone is 1. The fourth-order valence-corrected chi connectivity index (χ4v) is 1.61. The average molecular weight is 161 g/mol. The fourth-order valence-electron chi connectivity index (χ4n) is 1.61. The van der Waals surface area contributed by atoms with E-state index in [9.17, 15) is 4.39 Å². The normalized spacial score (nSPS) is 22.3. The van der Waals surface area contributed by atoms with Crippen LogP contribution in [0.4, 0.5) is 4.39 Å². The van der Waals surface area contributed by atoms with E-state index in [0.29, 0.717) is 0 Å². The summed E-state index contributed by atoms with van der Waals surface area (Å²) in [6, 6.07) is 8.66. The summed E-state index contributed by atoms with van der Waals surface area (Å²) in [7, 11) is 0. The van der Waals surface area contributed by atoms with Gasteiger partial charge in [0, 0.05) is 5.92 Å². The van der Waals surface area contributed by atoms with Crippen molar-refractivity contribution in [3.05, 3.63) is 41.5 Å². The van der Waals surface area contributed by atoms with E-state index in [-0.39, 0.29) is 5.92 Å². The van der Waals surface area contributed by atoms with Gasteiger partial charge in [0.1, 0.15) is 6.17 Å². The van der Waals surface area contributed by atoms with Crippen molar-refractivity contribution in [1.29, 1.82) is 0 Å². The van der Waals surface area contributed by atoms with Crippen LogP contribution in [0.5, 0.6) is 0 Å². The number of alkyl halides is 1. The molecule has 0 heterocycles. The third-order valence-electron chi connectivity index (χ3n) is 2.27. The molecule has 0 bridgehead atoms. The Morgan fingerprint density at radius 3 is 3.17 bits per heavy atom. The Bertz CT molecular complexity index is 313. The molecule has 1 radical (unpaired) electrons. The van der Waals surface area contributed by atoms with Crippen LogP contribution in [-0.4, -0.2) is 6.17 Å². The molecule has 0 saturated heterocycles. The highest BCUT2D eigenvalue weighted by Gasteiger charge is 2.21. The Morgan fingerprint density at radius 1 is 1.58 bits per heavy atom. The highest BCUT2D eigenvalue weighted by Crippen LogP contribution is 2.33. The Kier molecular flexibility index (Phi) is 1.72. The predicted octanol–water partition coefficient (Wildman–Crippen LogP) is 2.96. The van der Waals surface area contributed by atoms with Crippen LogP contribution in [0, 0.1) is 6.07 Å². The summed E-state index contributed by atoms with van der Waals surface area (Å²) in [5.41, 5.74) is 2.19. The summed E-state index contributed by atoms with van der Waals surface area (Å²) < 4.78 is 13.0. The molecule has 0 N–H and O–H groups in total. The maximum atomic E-state index is 13.0. The number of benzene rings is 1. The van der Waals surface area contributed by atoms with Gasteiger partial charge in [-0.1, -0.05) is 24.3 Å². The van der Waals surface area contributed by atoms with Gasteiger partial charge in [-0.2, -0.15) is 0 Å². The Labute approximate surface area is 71.7 Å². The predicted molar refractivity (Wildman–Crippen MR) is 47.6 cm³/mol. The minimum absolute atomic E-state index is 0.0579. The summed E-state index contributed by atoms with van der Waals surface area (Å²) in [4.78, 5) is 0. The van der Waals surface area contributed by atoms with Crippen LogP contribution >= 0.6 is 0 Å². The lowest BCUT2D eigenvalue weighted by Crippen LogP contribution is -2.05. The molecule has 61 valence electrons. The van der Waals surface area contributed by atoms with Gasteiger partial charge < -0.3 is 0 Å². The third-order valence-corrected chi connectivity index (χ3v) is 2.27. The lowest BCUT2D eigenvalue weighted by Gasteiger charge is -2.10.